The van der Waals surface area contributed by atoms with Gasteiger partial charge in [-0.25, -0.2) is 5.43 Å². The van der Waals surface area contributed by atoms with E-state index in [0.29, 0.717) is 13.0 Å². The van der Waals surface area contributed by atoms with Gasteiger partial charge in [-0.2, -0.15) is 13.2 Å². The number of halogens is 3. The molecule has 0 radical (unpaired) electrons. The second kappa shape index (κ2) is 4.95. The Kier molecular flexibility index (Phi) is 4.15. The molecule has 14 heavy (non-hydrogen) atoms. The molecule has 0 aliphatic carbocycles. The van der Waals surface area contributed by atoms with E-state index in [9.17, 15) is 13.2 Å². The molecule has 6 heteroatoms. The second-order valence-corrected chi connectivity index (χ2v) is 3.47. The molecule has 1 fully saturated rings. The fourth-order valence-electron chi connectivity index (χ4n) is 1.57. The highest BCUT2D eigenvalue weighted by Gasteiger charge is 2.38. The molecule has 84 valence electrons. The van der Waals surface area contributed by atoms with Crippen LogP contribution in [0.4, 0.5) is 13.2 Å². The minimum absolute atomic E-state index is 0.0202. The van der Waals surface area contributed by atoms with Gasteiger partial charge < -0.3 is 4.74 Å². The van der Waals surface area contributed by atoms with Crippen LogP contribution in [0, 0.1) is 0 Å². The number of nitrogens with one attached hydrogen (secondary N) is 1. The number of nitrogens with two attached hydrogens (primary N) is 1. The van der Waals surface area contributed by atoms with Gasteiger partial charge in [0.1, 0.15) is 6.04 Å². The van der Waals surface area contributed by atoms with Crippen molar-refractivity contribution >= 4 is 0 Å². The first-order valence-corrected chi connectivity index (χ1v) is 4.68. The van der Waals surface area contributed by atoms with Gasteiger partial charge in [-0.05, 0) is 25.7 Å². The van der Waals surface area contributed by atoms with E-state index in [-0.39, 0.29) is 12.5 Å². The lowest BCUT2D eigenvalue weighted by atomic mass is 10.1. The van der Waals surface area contributed by atoms with Crippen molar-refractivity contribution in [2.24, 2.45) is 5.84 Å². The summed E-state index contributed by atoms with van der Waals surface area (Å²) in [5.74, 6) is 4.83. The van der Waals surface area contributed by atoms with Crippen molar-refractivity contribution < 1.29 is 17.9 Å². The number of alkyl halides is 3. The second-order valence-electron chi connectivity index (χ2n) is 3.47. The molecule has 0 saturated carbocycles. The van der Waals surface area contributed by atoms with Crippen LogP contribution in [0.15, 0.2) is 0 Å². The predicted octanol–water partition coefficient (Wildman–Crippen LogP) is 1.34. The summed E-state index contributed by atoms with van der Waals surface area (Å²) in [5.41, 5.74) is 1.79. The molecule has 0 aromatic rings. The van der Waals surface area contributed by atoms with Crippen molar-refractivity contribution in [3.05, 3.63) is 0 Å². The van der Waals surface area contributed by atoms with E-state index in [4.69, 9.17) is 10.6 Å². The maximum atomic E-state index is 12.2. The van der Waals surface area contributed by atoms with Gasteiger partial charge in [0.25, 0.3) is 0 Å². The highest BCUT2D eigenvalue weighted by atomic mass is 19.4. The highest BCUT2D eigenvalue weighted by molar-refractivity contribution is 4.75. The fraction of sp³-hybridized carbons (Fsp3) is 1.00. The first kappa shape index (κ1) is 11.7. The summed E-state index contributed by atoms with van der Waals surface area (Å²) in [6.07, 6.45) is -2.10. The molecule has 0 bridgehead atoms. The average Bonchev–Trinajstić information content (AvgIpc) is 2.55. The lowest BCUT2D eigenvalue weighted by Crippen LogP contribution is -2.46. The number of rotatable bonds is 4. The van der Waals surface area contributed by atoms with Crippen molar-refractivity contribution in [1.82, 2.24) is 5.43 Å². The standard InChI is InChI=1S/C8H15F3N2O/c9-8(10,11)7(13-12)4-3-6-2-1-5-14-6/h6-7,13H,1-5,12H2. The van der Waals surface area contributed by atoms with Gasteiger partial charge in [-0.15, -0.1) is 0 Å². The van der Waals surface area contributed by atoms with Gasteiger partial charge in [0.05, 0.1) is 6.10 Å². The van der Waals surface area contributed by atoms with Crippen LogP contribution in [0.5, 0.6) is 0 Å². The molecule has 1 aliphatic heterocycles. The number of hydrogen-bond donors (Lipinski definition) is 2. The van der Waals surface area contributed by atoms with Gasteiger partial charge in [0, 0.05) is 6.61 Å². The maximum Gasteiger partial charge on any atom is 0.405 e. The van der Waals surface area contributed by atoms with E-state index >= 15 is 0 Å². The van der Waals surface area contributed by atoms with Crippen LogP contribution in [0.1, 0.15) is 25.7 Å². The van der Waals surface area contributed by atoms with Gasteiger partial charge >= 0.3 is 6.18 Å². The molecule has 2 unspecified atom stereocenters. The number of hydrogen-bond acceptors (Lipinski definition) is 3. The molecule has 1 saturated heterocycles. The molecule has 1 rings (SSSR count). The molecule has 3 N–H and O–H groups in total. The normalized spacial score (nSPS) is 25.3. The van der Waals surface area contributed by atoms with Crippen molar-refractivity contribution in [3.8, 4) is 0 Å². The topological polar surface area (TPSA) is 47.3 Å². The molecular weight excluding hydrogens is 197 g/mol. The highest BCUT2D eigenvalue weighted by Crippen LogP contribution is 2.25. The Morgan fingerprint density at radius 2 is 2.21 bits per heavy atom. The molecule has 3 nitrogen and oxygen atoms in total. The fourth-order valence-corrected chi connectivity index (χ4v) is 1.57. The van der Waals surface area contributed by atoms with Crippen molar-refractivity contribution in [2.75, 3.05) is 6.61 Å². The van der Waals surface area contributed by atoms with Crippen molar-refractivity contribution in [3.63, 3.8) is 0 Å². The summed E-state index contributed by atoms with van der Waals surface area (Å²) in [6, 6.07) is -1.62. The maximum absolute atomic E-state index is 12.2. The molecule has 1 heterocycles. The largest absolute Gasteiger partial charge is 0.405 e. The predicted molar refractivity (Wildman–Crippen MR) is 45.4 cm³/mol. The van der Waals surface area contributed by atoms with Gasteiger partial charge in [-0.1, -0.05) is 0 Å². The molecule has 0 aromatic carbocycles. The van der Waals surface area contributed by atoms with Gasteiger partial charge in [0.2, 0.25) is 0 Å². The third kappa shape index (κ3) is 3.43. The van der Waals surface area contributed by atoms with Crippen LogP contribution in [0.3, 0.4) is 0 Å². The third-order valence-electron chi connectivity index (χ3n) is 2.40. The molecule has 0 amide bonds. The molecule has 2 atom stereocenters. The van der Waals surface area contributed by atoms with E-state index in [1.165, 1.54) is 0 Å². The first-order valence-electron chi connectivity index (χ1n) is 4.68. The van der Waals surface area contributed by atoms with Crippen LogP contribution >= 0.6 is 0 Å². The average molecular weight is 212 g/mol. The zero-order valence-corrected chi connectivity index (χ0v) is 7.81. The Morgan fingerprint density at radius 3 is 2.64 bits per heavy atom. The van der Waals surface area contributed by atoms with Crippen LogP contribution in [-0.2, 0) is 4.74 Å². The van der Waals surface area contributed by atoms with E-state index in [1.807, 2.05) is 0 Å². The van der Waals surface area contributed by atoms with Gasteiger partial charge in [-0.3, -0.25) is 5.84 Å². The summed E-state index contributed by atoms with van der Waals surface area (Å²) < 4.78 is 41.9. The zero-order chi connectivity index (χ0) is 10.6. The van der Waals surface area contributed by atoms with E-state index in [2.05, 4.69) is 0 Å². The van der Waals surface area contributed by atoms with Crippen molar-refractivity contribution in [1.29, 1.82) is 0 Å². The van der Waals surface area contributed by atoms with Crippen LogP contribution in [-0.4, -0.2) is 24.9 Å². The zero-order valence-electron chi connectivity index (χ0n) is 7.81. The lowest BCUT2D eigenvalue weighted by molar-refractivity contribution is -0.158. The van der Waals surface area contributed by atoms with Gasteiger partial charge in [0.15, 0.2) is 0 Å². The van der Waals surface area contributed by atoms with Crippen LogP contribution in [0.2, 0.25) is 0 Å². The Hall–Kier alpha value is -0.330. The lowest BCUT2D eigenvalue weighted by Gasteiger charge is -2.20. The Balaban J connectivity index is 2.26. The number of hydrazine groups is 1. The van der Waals surface area contributed by atoms with E-state index in [1.54, 1.807) is 5.43 Å². The SMILES string of the molecule is NNC(CCC1CCCO1)C(F)(F)F. The minimum Gasteiger partial charge on any atom is -0.378 e. The first-order chi connectivity index (χ1) is 6.54. The van der Waals surface area contributed by atoms with Crippen molar-refractivity contribution in [2.45, 2.75) is 44.0 Å². The molecule has 0 spiro atoms. The molecular formula is C8H15F3N2O. The third-order valence-corrected chi connectivity index (χ3v) is 2.40. The van der Waals surface area contributed by atoms with E-state index in [0.717, 1.165) is 12.8 Å². The quantitative estimate of drug-likeness (QED) is 0.546. The Morgan fingerprint density at radius 1 is 1.50 bits per heavy atom. The summed E-state index contributed by atoms with van der Waals surface area (Å²) >= 11 is 0. The van der Waals surface area contributed by atoms with E-state index < -0.39 is 12.2 Å². The Bertz CT molecular complexity index is 168. The Labute approximate surface area is 80.8 Å². The summed E-state index contributed by atoms with van der Waals surface area (Å²) in [7, 11) is 0. The minimum atomic E-state index is -4.27. The molecule has 0 aromatic heterocycles. The summed E-state index contributed by atoms with van der Waals surface area (Å²) in [5, 5.41) is 0. The molecule has 1 aliphatic rings. The monoisotopic (exact) mass is 212 g/mol. The van der Waals surface area contributed by atoms with Crippen LogP contribution in [0.25, 0.3) is 0 Å². The summed E-state index contributed by atoms with van der Waals surface area (Å²) in [6.45, 7) is 0.664. The smallest absolute Gasteiger partial charge is 0.378 e. The van der Waals surface area contributed by atoms with Crippen LogP contribution < -0.4 is 11.3 Å². The summed E-state index contributed by atoms with van der Waals surface area (Å²) in [4.78, 5) is 0. The number of ether oxygens (including phenoxy) is 1.